The predicted molar refractivity (Wildman–Crippen MR) is 127 cm³/mol. The van der Waals surface area contributed by atoms with Crippen molar-refractivity contribution in [2.45, 2.75) is 12.6 Å². The minimum atomic E-state index is -0.327. The molecule has 0 aliphatic carbocycles. The monoisotopic (exact) mass is 464 g/mol. The van der Waals surface area contributed by atoms with Crippen LogP contribution in [0.5, 0.6) is 5.75 Å². The Balaban J connectivity index is 1.59. The van der Waals surface area contributed by atoms with E-state index in [0.717, 1.165) is 22.4 Å². The molecule has 6 nitrogen and oxygen atoms in total. The number of aromatic amines is 1. The average Bonchev–Trinajstić information content (AvgIpc) is 3.18. The lowest BCUT2D eigenvalue weighted by molar-refractivity contribution is -0.122. The molecule has 1 amide bonds. The Morgan fingerprint density at radius 2 is 1.72 bits per heavy atom. The largest absolute Gasteiger partial charge is 0.497 e. The summed E-state index contributed by atoms with van der Waals surface area (Å²) in [5.41, 5.74) is 2.72. The summed E-state index contributed by atoms with van der Waals surface area (Å²) >= 11 is 11.4. The van der Waals surface area contributed by atoms with Crippen LogP contribution in [0, 0.1) is 4.77 Å². The maximum Gasteiger partial charge on any atom is 0.240 e. The number of benzene rings is 3. The van der Waals surface area contributed by atoms with Gasteiger partial charge in [0.25, 0.3) is 0 Å². The third-order valence-corrected chi connectivity index (χ3v) is 5.61. The van der Waals surface area contributed by atoms with Crippen molar-refractivity contribution in [2.24, 2.45) is 0 Å². The van der Waals surface area contributed by atoms with Gasteiger partial charge in [-0.05, 0) is 59.7 Å². The van der Waals surface area contributed by atoms with Gasteiger partial charge in [-0.2, -0.15) is 5.10 Å². The van der Waals surface area contributed by atoms with Crippen molar-refractivity contribution in [2.75, 3.05) is 7.11 Å². The summed E-state index contributed by atoms with van der Waals surface area (Å²) in [6.07, 6.45) is 0. The quantitative estimate of drug-likeness (QED) is 0.370. The van der Waals surface area contributed by atoms with Gasteiger partial charge >= 0.3 is 0 Å². The van der Waals surface area contributed by atoms with Crippen molar-refractivity contribution in [1.29, 1.82) is 0 Å². The van der Waals surface area contributed by atoms with Crippen LogP contribution in [0.1, 0.15) is 17.2 Å². The molecule has 1 unspecified atom stereocenters. The lowest BCUT2D eigenvalue weighted by Gasteiger charge is -2.20. The van der Waals surface area contributed by atoms with Gasteiger partial charge in [0.05, 0.1) is 13.2 Å². The molecule has 3 aromatic carbocycles. The first-order valence-electron chi connectivity index (χ1n) is 9.94. The van der Waals surface area contributed by atoms with Crippen molar-refractivity contribution in [3.63, 3.8) is 0 Å². The Kier molecular flexibility index (Phi) is 6.68. The van der Waals surface area contributed by atoms with Crippen molar-refractivity contribution in [3.05, 3.63) is 99.8 Å². The minimum Gasteiger partial charge on any atom is -0.497 e. The Bertz CT molecular complexity index is 1250. The number of halogens is 1. The molecular formula is C24H21ClN4O2S. The molecule has 0 aliphatic rings. The number of aromatic nitrogens is 3. The van der Waals surface area contributed by atoms with E-state index in [-0.39, 0.29) is 18.5 Å². The second-order valence-electron chi connectivity index (χ2n) is 7.13. The first kappa shape index (κ1) is 21.8. The van der Waals surface area contributed by atoms with Crippen LogP contribution in [0.25, 0.3) is 11.4 Å². The van der Waals surface area contributed by atoms with Crippen LogP contribution in [0.15, 0.2) is 78.9 Å². The number of hydrogen-bond acceptors (Lipinski definition) is 4. The van der Waals surface area contributed by atoms with Crippen molar-refractivity contribution in [1.82, 2.24) is 20.1 Å². The van der Waals surface area contributed by atoms with E-state index in [1.165, 1.54) is 0 Å². The smallest absolute Gasteiger partial charge is 0.240 e. The highest BCUT2D eigenvalue weighted by Gasteiger charge is 2.19. The van der Waals surface area contributed by atoms with Crippen LogP contribution in [0.4, 0.5) is 0 Å². The van der Waals surface area contributed by atoms with Gasteiger partial charge in [0.1, 0.15) is 12.3 Å². The van der Waals surface area contributed by atoms with Crippen molar-refractivity contribution in [3.8, 4) is 17.1 Å². The average molecular weight is 465 g/mol. The van der Waals surface area contributed by atoms with Gasteiger partial charge in [0, 0.05) is 10.6 Å². The Hall–Kier alpha value is -3.42. The maximum atomic E-state index is 13.1. The molecule has 0 saturated carbocycles. The molecule has 4 rings (SSSR count). The Morgan fingerprint density at radius 3 is 2.38 bits per heavy atom. The third-order valence-electron chi connectivity index (χ3n) is 5.05. The number of hydrogen-bond donors (Lipinski definition) is 2. The molecule has 0 bridgehead atoms. The minimum absolute atomic E-state index is 0.0214. The highest BCUT2D eigenvalue weighted by molar-refractivity contribution is 7.71. The van der Waals surface area contributed by atoms with Crippen molar-refractivity contribution >= 4 is 29.7 Å². The summed E-state index contributed by atoms with van der Waals surface area (Å²) in [6.45, 7) is 0.0214. The molecule has 1 aromatic heterocycles. The summed E-state index contributed by atoms with van der Waals surface area (Å²) in [5.74, 6) is 1.12. The summed E-state index contributed by atoms with van der Waals surface area (Å²) in [7, 11) is 1.61. The van der Waals surface area contributed by atoms with E-state index in [2.05, 4.69) is 15.5 Å². The number of methoxy groups -OCH3 is 1. The van der Waals surface area contributed by atoms with Gasteiger partial charge in [0.15, 0.2) is 10.6 Å². The Morgan fingerprint density at radius 1 is 1.06 bits per heavy atom. The topological polar surface area (TPSA) is 71.9 Å². The van der Waals surface area contributed by atoms with Crippen LogP contribution in [0.3, 0.4) is 0 Å². The molecule has 0 fully saturated rings. The van der Waals surface area contributed by atoms with Crippen LogP contribution in [-0.2, 0) is 11.3 Å². The fourth-order valence-corrected chi connectivity index (χ4v) is 3.76. The van der Waals surface area contributed by atoms with E-state index >= 15 is 0 Å². The maximum absolute atomic E-state index is 13.1. The summed E-state index contributed by atoms with van der Waals surface area (Å²) in [4.78, 5) is 13.1. The molecule has 1 atom stereocenters. The molecule has 32 heavy (non-hydrogen) atoms. The Labute approximate surface area is 195 Å². The fraction of sp³-hybridized carbons (Fsp3) is 0.125. The van der Waals surface area contributed by atoms with Crippen LogP contribution >= 0.6 is 23.8 Å². The number of nitrogens with zero attached hydrogens (tertiary/aromatic N) is 2. The van der Waals surface area contributed by atoms with Gasteiger partial charge < -0.3 is 10.1 Å². The summed E-state index contributed by atoms with van der Waals surface area (Å²) in [5, 5.41) is 10.9. The normalized spacial score (nSPS) is 11.7. The van der Waals surface area contributed by atoms with Gasteiger partial charge in [0.2, 0.25) is 5.91 Å². The van der Waals surface area contributed by atoms with Crippen LogP contribution in [0.2, 0.25) is 5.02 Å². The number of ether oxygens (including phenoxy) is 1. The van der Waals surface area contributed by atoms with Gasteiger partial charge in [-0.25, -0.2) is 0 Å². The van der Waals surface area contributed by atoms with E-state index < -0.39 is 0 Å². The first-order chi connectivity index (χ1) is 15.5. The number of H-pyrrole nitrogens is 1. The van der Waals surface area contributed by atoms with Gasteiger partial charge in [-0.15, -0.1) is 0 Å². The van der Waals surface area contributed by atoms with Crippen LogP contribution < -0.4 is 10.1 Å². The van der Waals surface area contributed by atoms with E-state index in [1.54, 1.807) is 11.7 Å². The van der Waals surface area contributed by atoms with E-state index in [1.807, 2.05) is 78.9 Å². The second-order valence-corrected chi connectivity index (χ2v) is 7.95. The first-order valence-corrected chi connectivity index (χ1v) is 10.7. The van der Waals surface area contributed by atoms with Gasteiger partial charge in [-0.3, -0.25) is 14.5 Å². The molecule has 2 N–H and O–H groups in total. The SMILES string of the molecule is COc1ccc(-c2n[nH]c(=S)n2CC(=O)NC(c2ccccc2)c2ccc(Cl)cc2)cc1. The zero-order valence-electron chi connectivity index (χ0n) is 17.3. The highest BCUT2D eigenvalue weighted by Crippen LogP contribution is 2.24. The highest BCUT2D eigenvalue weighted by atomic mass is 35.5. The molecule has 1 heterocycles. The van der Waals surface area contributed by atoms with E-state index in [0.29, 0.717) is 15.6 Å². The summed E-state index contributed by atoms with van der Waals surface area (Å²) < 4.78 is 7.26. The molecule has 0 saturated heterocycles. The number of carbonyl (C=O) groups is 1. The van der Waals surface area contributed by atoms with Crippen molar-refractivity contribution < 1.29 is 9.53 Å². The number of carbonyl (C=O) groups excluding carboxylic acids is 1. The van der Waals surface area contributed by atoms with Crippen LogP contribution in [-0.4, -0.2) is 27.8 Å². The number of amides is 1. The lowest BCUT2D eigenvalue weighted by Crippen LogP contribution is -2.32. The molecule has 8 heteroatoms. The number of nitrogens with one attached hydrogen (secondary N) is 2. The van der Waals surface area contributed by atoms with E-state index in [4.69, 9.17) is 28.6 Å². The number of rotatable bonds is 7. The molecule has 0 radical (unpaired) electrons. The zero-order chi connectivity index (χ0) is 22.5. The summed E-state index contributed by atoms with van der Waals surface area (Å²) in [6, 6.07) is 24.3. The van der Waals surface area contributed by atoms with Gasteiger partial charge in [-0.1, -0.05) is 54.1 Å². The predicted octanol–water partition coefficient (Wildman–Crippen LogP) is 5.18. The molecule has 0 aliphatic heterocycles. The van der Waals surface area contributed by atoms with E-state index in [9.17, 15) is 4.79 Å². The molecule has 0 spiro atoms. The zero-order valence-corrected chi connectivity index (χ0v) is 18.9. The lowest BCUT2D eigenvalue weighted by atomic mass is 9.98. The fourth-order valence-electron chi connectivity index (χ4n) is 3.43. The third kappa shape index (κ3) is 4.90. The standard InChI is InChI=1S/C24H21ClN4O2S/c1-31-20-13-9-18(10-14-20)23-27-28-24(32)29(23)15-21(30)26-22(16-5-3-2-4-6-16)17-7-11-19(25)12-8-17/h2-14,22H,15H2,1H3,(H,26,30)(H,28,32). The molecule has 162 valence electrons. The second kappa shape index (κ2) is 9.80. The molecular weight excluding hydrogens is 444 g/mol. The molecule has 4 aromatic rings.